The van der Waals surface area contributed by atoms with Gasteiger partial charge in [-0.25, -0.2) is 12.8 Å². The van der Waals surface area contributed by atoms with E-state index in [2.05, 4.69) is 48.5 Å². The Morgan fingerprint density at radius 2 is 1.88 bits per heavy atom. The van der Waals surface area contributed by atoms with Gasteiger partial charge in [-0.3, -0.25) is 0 Å². The first-order valence-electron chi connectivity index (χ1n) is 6.38. The SMILES string of the molecule is CNC(CN1CCN(C(C)C)S1=O)C(C)(C)C. The maximum absolute atomic E-state index is 12.3. The fraction of sp³-hybridized carbons (Fsp3) is 1.00. The average Bonchev–Trinajstić information content (AvgIpc) is 2.54. The van der Waals surface area contributed by atoms with Crippen LogP contribution in [-0.2, 0) is 11.2 Å². The summed E-state index contributed by atoms with van der Waals surface area (Å²) in [5.74, 6) is 0. The third kappa shape index (κ3) is 3.74. The fourth-order valence-corrected chi connectivity index (χ4v) is 3.52. The standard InChI is InChI=1S/C12H27N3OS/c1-10(2)15-8-7-14(17(15)16)9-11(13-6)12(3,4)5/h10-11,13H,7-9H2,1-6H3. The van der Waals surface area contributed by atoms with Gasteiger partial charge in [-0.1, -0.05) is 20.8 Å². The van der Waals surface area contributed by atoms with Crippen LogP contribution in [0.15, 0.2) is 0 Å². The van der Waals surface area contributed by atoms with Crippen molar-refractivity contribution in [3.63, 3.8) is 0 Å². The van der Waals surface area contributed by atoms with Gasteiger partial charge in [-0.2, -0.15) is 0 Å². The highest BCUT2D eigenvalue weighted by atomic mass is 32.2. The highest BCUT2D eigenvalue weighted by Crippen LogP contribution is 2.23. The van der Waals surface area contributed by atoms with Crippen LogP contribution in [-0.4, -0.2) is 51.6 Å². The molecule has 1 heterocycles. The van der Waals surface area contributed by atoms with Crippen molar-refractivity contribution in [3.05, 3.63) is 0 Å². The van der Waals surface area contributed by atoms with E-state index in [9.17, 15) is 4.21 Å². The lowest BCUT2D eigenvalue weighted by atomic mass is 9.87. The second-order valence-corrected chi connectivity index (χ2v) is 7.51. The van der Waals surface area contributed by atoms with Crippen molar-refractivity contribution in [3.8, 4) is 0 Å². The minimum Gasteiger partial charge on any atom is -0.315 e. The molecule has 1 saturated heterocycles. The zero-order chi connectivity index (χ0) is 13.2. The van der Waals surface area contributed by atoms with Gasteiger partial charge in [0, 0.05) is 31.7 Å². The predicted molar refractivity (Wildman–Crippen MR) is 73.9 cm³/mol. The number of hydrogen-bond acceptors (Lipinski definition) is 2. The number of rotatable bonds is 4. The summed E-state index contributed by atoms with van der Waals surface area (Å²) in [7, 11) is 1.98. The van der Waals surface area contributed by atoms with Gasteiger partial charge in [0.25, 0.3) is 0 Å². The van der Waals surface area contributed by atoms with Gasteiger partial charge in [-0.05, 0) is 26.3 Å². The summed E-state index contributed by atoms with van der Waals surface area (Å²) >= 11 is -0.959. The maximum atomic E-state index is 12.3. The van der Waals surface area contributed by atoms with Crippen LogP contribution in [0.25, 0.3) is 0 Å². The summed E-state index contributed by atoms with van der Waals surface area (Å²) in [4.78, 5) is 0. The highest BCUT2D eigenvalue weighted by Gasteiger charge is 2.34. The molecule has 1 aliphatic rings. The molecule has 0 aromatic heterocycles. The molecule has 2 atom stereocenters. The van der Waals surface area contributed by atoms with E-state index >= 15 is 0 Å². The van der Waals surface area contributed by atoms with Gasteiger partial charge in [0.1, 0.15) is 0 Å². The van der Waals surface area contributed by atoms with E-state index < -0.39 is 11.2 Å². The molecule has 1 aliphatic heterocycles. The highest BCUT2D eigenvalue weighted by molar-refractivity contribution is 7.80. The minimum atomic E-state index is -0.959. The second kappa shape index (κ2) is 5.78. The normalized spacial score (nSPS) is 25.7. The first kappa shape index (κ1) is 15.1. The summed E-state index contributed by atoms with van der Waals surface area (Å²) < 4.78 is 16.4. The van der Waals surface area contributed by atoms with E-state index in [4.69, 9.17) is 0 Å². The van der Waals surface area contributed by atoms with Crippen LogP contribution in [0, 0.1) is 5.41 Å². The summed E-state index contributed by atoms with van der Waals surface area (Å²) in [5.41, 5.74) is 0.185. The van der Waals surface area contributed by atoms with Crippen LogP contribution in [0.5, 0.6) is 0 Å². The monoisotopic (exact) mass is 261 g/mol. The number of nitrogens with zero attached hydrogens (tertiary/aromatic N) is 2. The lowest BCUT2D eigenvalue weighted by Crippen LogP contribution is -2.47. The summed E-state index contributed by atoms with van der Waals surface area (Å²) in [5, 5.41) is 3.34. The van der Waals surface area contributed by atoms with Gasteiger partial charge in [0.05, 0.1) is 0 Å². The van der Waals surface area contributed by atoms with E-state index in [1.807, 2.05) is 7.05 Å². The molecule has 0 spiro atoms. The Bertz CT molecular complexity index is 275. The average molecular weight is 261 g/mol. The fourth-order valence-electron chi connectivity index (χ4n) is 2.11. The van der Waals surface area contributed by atoms with E-state index in [1.54, 1.807) is 0 Å². The Balaban J connectivity index is 2.62. The van der Waals surface area contributed by atoms with Crippen molar-refractivity contribution in [1.29, 1.82) is 0 Å². The molecule has 0 radical (unpaired) electrons. The summed E-state index contributed by atoms with van der Waals surface area (Å²) in [6.45, 7) is 13.5. The molecular weight excluding hydrogens is 234 g/mol. The molecule has 0 amide bonds. The Kier molecular flexibility index (Phi) is 5.13. The number of nitrogens with one attached hydrogen (secondary N) is 1. The molecule has 2 unspecified atom stereocenters. The van der Waals surface area contributed by atoms with E-state index in [1.165, 1.54) is 0 Å². The number of likely N-dealkylation sites (N-methyl/N-ethyl adjacent to an activating group) is 1. The summed E-state index contributed by atoms with van der Waals surface area (Å²) in [6, 6.07) is 0.710. The third-order valence-corrected chi connectivity index (χ3v) is 5.13. The van der Waals surface area contributed by atoms with Gasteiger partial charge < -0.3 is 5.32 Å². The van der Waals surface area contributed by atoms with Crippen LogP contribution in [0.1, 0.15) is 34.6 Å². The lowest BCUT2D eigenvalue weighted by Gasteiger charge is -2.33. The molecule has 102 valence electrons. The van der Waals surface area contributed by atoms with E-state index in [-0.39, 0.29) is 5.41 Å². The first-order chi connectivity index (χ1) is 7.77. The van der Waals surface area contributed by atoms with Gasteiger partial charge in [0.15, 0.2) is 11.2 Å². The molecule has 0 aromatic carbocycles. The smallest absolute Gasteiger partial charge is 0.173 e. The topological polar surface area (TPSA) is 35.6 Å². The van der Waals surface area contributed by atoms with Crippen LogP contribution >= 0.6 is 0 Å². The van der Waals surface area contributed by atoms with Crippen LogP contribution < -0.4 is 5.32 Å². The molecule has 0 saturated carbocycles. The molecule has 0 bridgehead atoms. The Hall–Kier alpha value is 0.0300. The lowest BCUT2D eigenvalue weighted by molar-refractivity contribution is 0.243. The van der Waals surface area contributed by atoms with Gasteiger partial charge >= 0.3 is 0 Å². The van der Waals surface area contributed by atoms with Crippen molar-refractivity contribution in [1.82, 2.24) is 13.9 Å². The first-order valence-corrected chi connectivity index (χ1v) is 7.44. The second-order valence-electron chi connectivity index (χ2n) is 6.06. The van der Waals surface area contributed by atoms with Crippen LogP contribution in [0.3, 0.4) is 0 Å². The maximum Gasteiger partial charge on any atom is 0.173 e. The molecule has 0 aliphatic carbocycles. The van der Waals surface area contributed by atoms with Crippen molar-refractivity contribution in [2.24, 2.45) is 5.41 Å². The molecule has 17 heavy (non-hydrogen) atoms. The van der Waals surface area contributed by atoms with E-state index in [0.717, 1.165) is 19.6 Å². The number of hydrogen-bond donors (Lipinski definition) is 1. The zero-order valence-electron chi connectivity index (χ0n) is 12.0. The Morgan fingerprint density at radius 1 is 1.29 bits per heavy atom. The molecule has 4 nitrogen and oxygen atoms in total. The molecule has 0 aromatic rings. The minimum absolute atomic E-state index is 0.185. The van der Waals surface area contributed by atoms with E-state index in [0.29, 0.717) is 12.1 Å². The summed E-state index contributed by atoms with van der Waals surface area (Å²) in [6.07, 6.45) is 0. The van der Waals surface area contributed by atoms with Crippen molar-refractivity contribution >= 4 is 11.2 Å². The molecule has 1 N–H and O–H groups in total. The molecule has 1 fully saturated rings. The van der Waals surface area contributed by atoms with Gasteiger partial charge in [0.2, 0.25) is 0 Å². The third-order valence-electron chi connectivity index (χ3n) is 3.35. The van der Waals surface area contributed by atoms with Crippen LogP contribution in [0.4, 0.5) is 0 Å². The zero-order valence-corrected chi connectivity index (χ0v) is 12.8. The van der Waals surface area contributed by atoms with Crippen molar-refractivity contribution in [2.45, 2.75) is 46.7 Å². The van der Waals surface area contributed by atoms with Gasteiger partial charge in [-0.15, -0.1) is 0 Å². The predicted octanol–water partition coefficient (Wildman–Crippen LogP) is 1.23. The van der Waals surface area contributed by atoms with Crippen molar-refractivity contribution in [2.75, 3.05) is 26.7 Å². The Labute approximate surface area is 108 Å². The molecule has 5 heteroatoms. The quantitative estimate of drug-likeness (QED) is 0.826. The largest absolute Gasteiger partial charge is 0.315 e. The molecule has 1 rings (SSSR count). The molecular formula is C12H27N3OS. The van der Waals surface area contributed by atoms with Crippen molar-refractivity contribution < 1.29 is 4.21 Å². The van der Waals surface area contributed by atoms with Crippen LogP contribution in [0.2, 0.25) is 0 Å². The Morgan fingerprint density at radius 3 is 2.24 bits per heavy atom.